The van der Waals surface area contributed by atoms with E-state index in [1.54, 1.807) is 24.3 Å². The Morgan fingerprint density at radius 3 is 2.50 bits per heavy atom. The zero-order valence-electron chi connectivity index (χ0n) is 10.4. The monoisotopic (exact) mass is 278 g/mol. The Labute approximate surface area is 114 Å². The Morgan fingerprint density at radius 2 is 1.85 bits per heavy atom. The van der Waals surface area contributed by atoms with E-state index in [1.807, 2.05) is 0 Å². The maximum Gasteiger partial charge on any atom is 0.416 e. The molecule has 0 unspecified atom stereocenters. The lowest BCUT2D eigenvalue weighted by Crippen LogP contribution is -2.22. The smallest absolute Gasteiger partial charge is 0.348 e. The standard InChI is InChI=1S/C15H11F3NO/c16-15(17,18)13-8-4-5-11(9-13)10-19-14(20)12-6-2-1-3-7-12/h2-9H,10H2,(H,19,20). The van der Waals surface area contributed by atoms with Crippen LogP contribution in [-0.2, 0) is 12.7 Å². The lowest BCUT2D eigenvalue weighted by molar-refractivity contribution is -0.137. The lowest BCUT2D eigenvalue weighted by Gasteiger charge is -2.09. The third-order valence-electron chi connectivity index (χ3n) is 2.69. The minimum absolute atomic E-state index is 0.0430. The number of hydrogen-bond acceptors (Lipinski definition) is 1. The van der Waals surface area contributed by atoms with E-state index in [1.165, 1.54) is 12.1 Å². The summed E-state index contributed by atoms with van der Waals surface area (Å²) in [5, 5.41) is 2.57. The number of halogens is 3. The summed E-state index contributed by atoms with van der Waals surface area (Å²) >= 11 is 0. The van der Waals surface area contributed by atoms with E-state index in [9.17, 15) is 18.0 Å². The van der Waals surface area contributed by atoms with Gasteiger partial charge in [-0.25, -0.2) is 0 Å². The van der Waals surface area contributed by atoms with Crippen molar-refractivity contribution in [1.82, 2.24) is 5.32 Å². The molecule has 2 rings (SSSR count). The third kappa shape index (κ3) is 3.60. The molecule has 0 spiro atoms. The lowest BCUT2D eigenvalue weighted by atomic mass is 10.1. The minimum atomic E-state index is -4.38. The fourth-order valence-corrected chi connectivity index (χ4v) is 1.68. The van der Waals surface area contributed by atoms with Gasteiger partial charge in [0.15, 0.2) is 0 Å². The summed E-state index contributed by atoms with van der Waals surface area (Å²) in [6, 6.07) is 14.0. The van der Waals surface area contributed by atoms with Crippen LogP contribution in [0.25, 0.3) is 0 Å². The molecular weight excluding hydrogens is 267 g/mol. The molecule has 2 nitrogen and oxygen atoms in total. The molecule has 1 radical (unpaired) electrons. The Balaban J connectivity index is 2.03. The van der Waals surface area contributed by atoms with E-state index < -0.39 is 11.7 Å². The van der Waals surface area contributed by atoms with Gasteiger partial charge in [0.25, 0.3) is 5.91 Å². The van der Waals surface area contributed by atoms with Crippen LogP contribution in [0.2, 0.25) is 0 Å². The molecule has 0 aliphatic heterocycles. The molecule has 0 aliphatic carbocycles. The first kappa shape index (κ1) is 14.1. The molecule has 1 amide bonds. The molecule has 103 valence electrons. The highest BCUT2D eigenvalue weighted by Crippen LogP contribution is 2.29. The van der Waals surface area contributed by atoms with E-state index >= 15 is 0 Å². The Kier molecular flexibility index (Phi) is 4.08. The molecule has 0 fully saturated rings. The van der Waals surface area contributed by atoms with Crippen molar-refractivity contribution >= 4 is 5.91 Å². The van der Waals surface area contributed by atoms with Gasteiger partial charge >= 0.3 is 6.18 Å². The average molecular weight is 278 g/mol. The van der Waals surface area contributed by atoms with Crippen molar-refractivity contribution in [3.05, 3.63) is 71.3 Å². The molecule has 0 saturated carbocycles. The van der Waals surface area contributed by atoms with Crippen LogP contribution in [0.3, 0.4) is 0 Å². The summed E-state index contributed by atoms with van der Waals surface area (Å²) in [4.78, 5) is 11.8. The Hall–Kier alpha value is -2.30. The van der Waals surface area contributed by atoms with Gasteiger partial charge in [-0.05, 0) is 35.9 Å². The van der Waals surface area contributed by atoms with E-state index in [0.717, 1.165) is 12.1 Å². The van der Waals surface area contributed by atoms with Crippen LogP contribution in [0.4, 0.5) is 13.2 Å². The van der Waals surface area contributed by atoms with Gasteiger partial charge in [0.2, 0.25) is 0 Å². The summed E-state index contributed by atoms with van der Waals surface area (Å²) < 4.78 is 37.6. The van der Waals surface area contributed by atoms with E-state index in [2.05, 4.69) is 11.4 Å². The molecule has 2 aromatic rings. The Morgan fingerprint density at radius 1 is 1.15 bits per heavy atom. The zero-order valence-corrected chi connectivity index (χ0v) is 10.4. The molecule has 0 saturated heterocycles. The molecular formula is C15H11F3NO. The maximum absolute atomic E-state index is 12.5. The number of nitrogens with one attached hydrogen (secondary N) is 1. The fourth-order valence-electron chi connectivity index (χ4n) is 1.68. The molecule has 0 aliphatic rings. The second kappa shape index (κ2) is 5.77. The molecule has 5 heteroatoms. The summed E-state index contributed by atoms with van der Waals surface area (Å²) in [5.74, 6) is -0.337. The van der Waals surface area contributed by atoms with Gasteiger partial charge in [0, 0.05) is 12.1 Å². The van der Waals surface area contributed by atoms with E-state index in [-0.39, 0.29) is 12.5 Å². The Bertz CT molecular complexity index is 594. The minimum Gasteiger partial charge on any atom is -0.348 e. The highest BCUT2D eigenvalue weighted by atomic mass is 19.4. The second-order valence-electron chi connectivity index (χ2n) is 4.17. The third-order valence-corrected chi connectivity index (χ3v) is 2.69. The molecule has 0 atom stereocenters. The zero-order chi connectivity index (χ0) is 14.6. The number of benzene rings is 2. The number of hydrogen-bond donors (Lipinski definition) is 1. The molecule has 0 heterocycles. The predicted molar refractivity (Wildman–Crippen MR) is 67.9 cm³/mol. The van der Waals surface area contributed by atoms with Crippen molar-refractivity contribution in [3.8, 4) is 0 Å². The van der Waals surface area contributed by atoms with Crippen molar-refractivity contribution in [2.45, 2.75) is 12.7 Å². The van der Waals surface area contributed by atoms with E-state index in [4.69, 9.17) is 0 Å². The summed E-state index contributed by atoms with van der Waals surface area (Å²) in [6.45, 7) is 0.0430. The number of alkyl halides is 3. The van der Waals surface area contributed by atoms with Gasteiger partial charge in [0.05, 0.1) is 5.56 Å². The van der Waals surface area contributed by atoms with E-state index in [0.29, 0.717) is 11.1 Å². The van der Waals surface area contributed by atoms with Crippen molar-refractivity contribution in [1.29, 1.82) is 0 Å². The van der Waals surface area contributed by atoms with Crippen molar-refractivity contribution < 1.29 is 18.0 Å². The average Bonchev–Trinajstić information content (AvgIpc) is 2.45. The first-order valence-corrected chi connectivity index (χ1v) is 5.87. The SMILES string of the molecule is O=C(NCc1cccc(C(F)(F)F)c1)c1cc[c]cc1. The highest BCUT2D eigenvalue weighted by molar-refractivity contribution is 5.94. The predicted octanol–water partition coefficient (Wildman–Crippen LogP) is 3.44. The number of carbonyl (C=O) groups is 1. The highest BCUT2D eigenvalue weighted by Gasteiger charge is 2.30. The molecule has 0 bridgehead atoms. The number of carbonyl (C=O) groups excluding carboxylic acids is 1. The van der Waals surface area contributed by atoms with Crippen LogP contribution in [0.5, 0.6) is 0 Å². The summed E-state index contributed by atoms with van der Waals surface area (Å²) in [6.07, 6.45) is -4.38. The van der Waals surface area contributed by atoms with Gasteiger partial charge in [-0.2, -0.15) is 13.2 Å². The van der Waals surface area contributed by atoms with Gasteiger partial charge in [-0.15, -0.1) is 0 Å². The first-order valence-electron chi connectivity index (χ1n) is 5.87. The summed E-state index contributed by atoms with van der Waals surface area (Å²) in [7, 11) is 0. The molecule has 0 aromatic heterocycles. The normalized spacial score (nSPS) is 11.2. The van der Waals surface area contributed by atoms with Crippen LogP contribution in [0, 0.1) is 6.07 Å². The topological polar surface area (TPSA) is 29.1 Å². The van der Waals surface area contributed by atoms with Crippen molar-refractivity contribution in [2.24, 2.45) is 0 Å². The van der Waals surface area contributed by atoms with Gasteiger partial charge in [0.1, 0.15) is 0 Å². The maximum atomic E-state index is 12.5. The van der Waals surface area contributed by atoms with Crippen LogP contribution in [0.15, 0.2) is 48.5 Å². The van der Waals surface area contributed by atoms with Crippen LogP contribution in [-0.4, -0.2) is 5.91 Å². The molecule has 2 aromatic carbocycles. The second-order valence-corrected chi connectivity index (χ2v) is 4.17. The van der Waals surface area contributed by atoms with Crippen LogP contribution < -0.4 is 5.32 Å². The van der Waals surface area contributed by atoms with Crippen LogP contribution >= 0.6 is 0 Å². The van der Waals surface area contributed by atoms with Crippen LogP contribution in [0.1, 0.15) is 21.5 Å². The quantitative estimate of drug-likeness (QED) is 0.915. The molecule has 20 heavy (non-hydrogen) atoms. The number of amides is 1. The van der Waals surface area contributed by atoms with Crippen molar-refractivity contribution in [2.75, 3.05) is 0 Å². The largest absolute Gasteiger partial charge is 0.416 e. The first-order chi connectivity index (χ1) is 9.47. The van der Waals surface area contributed by atoms with Crippen molar-refractivity contribution in [3.63, 3.8) is 0 Å². The molecule has 1 N–H and O–H groups in total. The fraction of sp³-hybridized carbons (Fsp3) is 0.133. The van der Waals surface area contributed by atoms with Gasteiger partial charge in [-0.3, -0.25) is 4.79 Å². The van der Waals surface area contributed by atoms with Gasteiger partial charge < -0.3 is 5.32 Å². The summed E-state index contributed by atoms with van der Waals surface area (Å²) in [5.41, 5.74) is 0.116. The van der Waals surface area contributed by atoms with Gasteiger partial charge in [-0.1, -0.05) is 24.3 Å². The number of rotatable bonds is 3.